The average Bonchev–Trinajstić information content (AvgIpc) is 2.44. The van der Waals surface area contributed by atoms with Crippen LogP contribution in [0, 0.1) is 0 Å². The molecule has 0 saturated heterocycles. The molecule has 3 heteroatoms. The highest BCUT2D eigenvalue weighted by Gasteiger charge is 1.97. The molecule has 0 aromatic heterocycles. The van der Waals surface area contributed by atoms with Crippen LogP contribution in [-0.4, -0.2) is 11.1 Å². The predicted molar refractivity (Wildman–Crippen MR) is 79.1 cm³/mol. The van der Waals surface area contributed by atoms with E-state index in [4.69, 9.17) is 5.11 Å². The van der Waals surface area contributed by atoms with E-state index in [0.29, 0.717) is 0 Å². The average molecular weight is 270 g/mol. The molecule has 0 radical (unpaired) electrons. The quantitative estimate of drug-likeness (QED) is 0.657. The highest BCUT2D eigenvalue weighted by atomic mass is 32.2. The van der Waals surface area contributed by atoms with E-state index in [1.165, 1.54) is 10.5 Å². The van der Waals surface area contributed by atoms with Crippen LogP contribution in [0.5, 0.6) is 0 Å². The molecule has 2 aromatic rings. The number of carboxylic acids is 1. The normalized spacial score (nSPS) is 10.7. The molecule has 0 amide bonds. The van der Waals surface area contributed by atoms with Crippen LogP contribution >= 0.6 is 11.8 Å². The Labute approximate surface area is 116 Å². The van der Waals surface area contributed by atoms with Crippen LogP contribution in [0.4, 0.5) is 0 Å². The first-order chi connectivity index (χ1) is 9.24. The van der Waals surface area contributed by atoms with Crippen molar-refractivity contribution in [2.45, 2.75) is 10.6 Å². The van der Waals surface area contributed by atoms with Gasteiger partial charge in [-0.3, -0.25) is 0 Å². The van der Waals surface area contributed by atoms with Crippen LogP contribution < -0.4 is 0 Å². The summed E-state index contributed by atoms with van der Waals surface area (Å²) >= 11 is 1.77. The molecule has 0 atom stereocenters. The fourth-order valence-electron chi connectivity index (χ4n) is 1.64. The summed E-state index contributed by atoms with van der Waals surface area (Å²) in [5, 5.41) is 8.61. The predicted octanol–water partition coefficient (Wildman–Crippen LogP) is 4.08. The molecule has 0 aliphatic rings. The lowest BCUT2D eigenvalue weighted by atomic mass is 10.1. The summed E-state index contributed by atoms with van der Waals surface area (Å²) in [5.41, 5.74) is 2.09. The van der Waals surface area contributed by atoms with Crippen molar-refractivity contribution < 1.29 is 9.90 Å². The summed E-state index contributed by atoms with van der Waals surface area (Å²) < 4.78 is 0. The molecule has 2 nitrogen and oxygen atoms in total. The third kappa shape index (κ3) is 4.64. The van der Waals surface area contributed by atoms with Crippen LogP contribution in [0.25, 0.3) is 6.08 Å². The number of carbonyl (C=O) groups is 1. The summed E-state index contributed by atoms with van der Waals surface area (Å²) in [6, 6.07) is 18.1. The molecule has 0 unspecified atom stereocenters. The molecular formula is C16H14O2S. The van der Waals surface area contributed by atoms with E-state index in [9.17, 15) is 4.79 Å². The first kappa shape index (κ1) is 13.4. The molecule has 19 heavy (non-hydrogen) atoms. The van der Waals surface area contributed by atoms with E-state index in [1.54, 1.807) is 17.8 Å². The molecular weight excluding hydrogens is 256 g/mol. The Bertz CT molecular complexity index is 576. The Kier molecular flexibility index (Phi) is 4.81. The molecule has 0 fully saturated rings. The lowest BCUT2D eigenvalue weighted by Gasteiger charge is -2.03. The van der Waals surface area contributed by atoms with Crippen molar-refractivity contribution in [3.63, 3.8) is 0 Å². The van der Waals surface area contributed by atoms with Crippen molar-refractivity contribution in [2.75, 3.05) is 0 Å². The van der Waals surface area contributed by atoms with Crippen molar-refractivity contribution in [3.8, 4) is 0 Å². The second kappa shape index (κ2) is 6.81. The maximum Gasteiger partial charge on any atom is 0.328 e. The number of aliphatic carboxylic acids is 1. The lowest BCUT2D eigenvalue weighted by Crippen LogP contribution is -1.86. The van der Waals surface area contributed by atoms with Crippen molar-refractivity contribution in [1.82, 2.24) is 0 Å². The van der Waals surface area contributed by atoms with Crippen molar-refractivity contribution in [1.29, 1.82) is 0 Å². The van der Waals surface area contributed by atoms with Gasteiger partial charge in [0.1, 0.15) is 0 Å². The molecule has 0 heterocycles. The maximum atomic E-state index is 10.5. The van der Waals surface area contributed by atoms with Crippen molar-refractivity contribution >= 4 is 23.8 Å². The van der Waals surface area contributed by atoms with E-state index in [-0.39, 0.29) is 0 Å². The number of hydrogen-bond acceptors (Lipinski definition) is 2. The third-order valence-corrected chi connectivity index (χ3v) is 3.60. The Hall–Kier alpha value is -2.00. The Morgan fingerprint density at radius 2 is 1.89 bits per heavy atom. The van der Waals surface area contributed by atoms with Crippen LogP contribution in [0.3, 0.4) is 0 Å². The minimum Gasteiger partial charge on any atom is -0.478 e. The van der Waals surface area contributed by atoms with Gasteiger partial charge in [-0.05, 0) is 29.3 Å². The molecule has 0 bridgehead atoms. The fraction of sp³-hybridized carbons (Fsp3) is 0.0625. The van der Waals surface area contributed by atoms with Crippen LogP contribution in [0.2, 0.25) is 0 Å². The molecule has 0 aliphatic carbocycles. The SMILES string of the molecule is O=C(O)C=Cc1cccc(CSc2ccccc2)c1. The summed E-state index contributed by atoms with van der Waals surface area (Å²) in [6.07, 6.45) is 2.77. The van der Waals surface area contributed by atoms with Gasteiger partial charge in [-0.1, -0.05) is 42.5 Å². The number of thioether (sulfide) groups is 1. The van der Waals surface area contributed by atoms with E-state index in [2.05, 4.69) is 12.1 Å². The van der Waals surface area contributed by atoms with Gasteiger partial charge in [0.05, 0.1) is 0 Å². The second-order valence-corrected chi connectivity index (χ2v) is 5.07. The molecule has 0 saturated carbocycles. The van der Waals surface area contributed by atoms with E-state index < -0.39 is 5.97 Å². The standard InChI is InChI=1S/C16H14O2S/c17-16(18)10-9-13-5-4-6-14(11-13)12-19-15-7-2-1-3-8-15/h1-11H,12H2,(H,17,18). The summed E-state index contributed by atoms with van der Waals surface area (Å²) in [7, 11) is 0. The van der Waals surface area contributed by atoms with Crippen molar-refractivity contribution in [2.24, 2.45) is 0 Å². The number of rotatable bonds is 5. The van der Waals surface area contributed by atoms with Gasteiger partial charge in [0.15, 0.2) is 0 Å². The Morgan fingerprint density at radius 3 is 2.63 bits per heavy atom. The topological polar surface area (TPSA) is 37.3 Å². The number of hydrogen-bond donors (Lipinski definition) is 1. The molecule has 2 rings (SSSR count). The third-order valence-electron chi connectivity index (χ3n) is 2.52. The van der Waals surface area contributed by atoms with Crippen molar-refractivity contribution in [3.05, 3.63) is 71.8 Å². The summed E-state index contributed by atoms with van der Waals surface area (Å²) in [6.45, 7) is 0. The number of benzene rings is 2. The highest BCUT2D eigenvalue weighted by molar-refractivity contribution is 7.98. The van der Waals surface area contributed by atoms with Gasteiger partial charge < -0.3 is 5.11 Å². The van der Waals surface area contributed by atoms with Gasteiger partial charge in [-0.25, -0.2) is 4.79 Å². The first-order valence-corrected chi connectivity index (χ1v) is 6.90. The Morgan fingerprint density at radius 1 is 1.11 bits per heavy atom. The van der Waals surface area contributed by atoms with Gasteiger partial charge in [-0.15, -0.1) is 11.8 Å². The molecule has 96 valence electrons. The van der Waals surface area contributed by atoms with E-state index >= 15 is 0 Å². The number of carboxylic acid groups (broad SMARTS) is 1. The summed E-state index contributed by atoms with van der Waals surface area (Å²) in [5.74, 6) is -0.0530. The monoisotopic (exact) mass is 270 g/mol. The van der Waals surface area contributed by atoms with Gasteiger partial charge in [-0.2, -0.15) is 0 Å². The zero-order valence-electron chi connectivity index (χ0n) is 10.3. The molecule has 2 aromatic carbocycles. The molecule has 0 spiro atoms. The smallest absolute Gasteiger partial charge is 0.328 e. The lowest BCUT2D eigenvalue weighted by molar-refractivity contribution is -0.131. The van der Waals surface area contributed by atoms with Gasteiger partial charge >= 0.3 is 5.97 Å². The zero-order chi connectivity index (χ0) is 13.5. The summed E-state index contributed by atoms with van der Waals surface area (Å²) in [4.78, 5) is 11.7. The Balaban J connectivity index is 2.01. The molecule has 0 aliphatic heterocycles. The minimum absolute atomic E-state index is 0.874. The van der Waals surface area contributed by atoms with E-state index in [1.807, 2.05) is 42.5 Å². The van der Waals surface area contributed by atoms with Crippen LogP contribution in [0.15, 0.2) is 65.6 Å². The van der Waals surface area contributed by atoms with Gasteiger partial charge in [0.25, 0.3) is 0 Å². The molecule has 1 N–H and O–H groups in total. The second-order valence-electron chi connectivity index (χ2n) is 4.02. The minimum atomic E-state index is -0.927. The maximum absolute atomic E-state index is 10.5. The largest absolute Gasteiger partial charge is 0.478 e. The van der Waals surface area contributed by atoms with Gasteiger partial charge in [0.2, 0.25) is 0 Å². The van der Waals surface area contributed by atoms with Gasteiger partial charge in [0, 0.05) is 16.7 Å². The fourth-order valence-corrected chi connectivity index (χ4v) is 2.50. The zero-order valence-corrected chi connectivity index (χ0v) is 11.1. The highest BCUT2D eigenvalue weighted by Crippen LogP contribution is 2.22. The van der Waals surface area contributed by atoms with E-state index in [0.717, 1.165) is 17.4 Å². The first-order valence-electron chi connectivity index (χ1n) is 5.92. The van der Waals surface area contributed by atoms with Crippen LogP contribution in [0.1, 0.15) is 11.1 Å². The van der Waals surface area contributed by atoms with Crippen LogP contribution in [-0.2, 0) is 10.5 Å².